The molecular weight excluding hydrogens is 480 g/mol. The highest BCUT2D eigenvalue weighted by Gasteiger charge is 2.28. The summed E-state index contributed by atoms with van der Waals surface area (Å²) in [5, 5.41) is 3.21. The van der Waals surface area contributed by atoms with E-state index in [1.54, 1.807) is 48.5 Å². The Bertz CT molecular complexity index is 1230. The quantitative estimate of drug-likeness (QED) is 0.434. The summed E-state index contributed by atoms with van der Waals surface area (Å²) >= 11 is 5.89. The Balaban J connectivity index is 1.98. The number of halogens is 1. The Morgan fingerprint density at radius 1 is 0.941 bits per heavy atom. The summed E-state index contributed by atoms with van der Waals surface area (Å²) in [6, 6.07) is 17.2. The summed E-state index contributed by atoms with van der Waals surface area (Å²) in [5.74, 6) is 0.691. The predicted molar refractivity (Wildman–Crippen MR) is 132 cm³/mol. The van der Waals surface area contributed by atoms with Gasteiger partial charge in [0.15, 0.2) is 11.5 Å². The number of rotatable bonds is 10. The van der Waals surface area contributed by atoms with Crippen molar-refractivity contribution in [3.05, 3.63) is 71.8 Å². The number of nitrogens with zero attached hydrogens (tertiary/aromatic N) is 1. The first-order valence-corrected chi connectivity index (χ1v) is 12.1. The molecule has 10 heteroatoms. The summed E-state index contributed by atoms with van der Waals surface area (Å²) in [6.45, 7) is 1.85. The van der Waals surface area contributed by atoms with Crippen LogP contribution in [0, 0.1) is 0 Å². The Morgan fingerprint density at radius 3 is 2.18 bits per heavy atom. The lowest BCUT2D eigenvalue weighted by Crippen LogP contribution is -2.38. The van der Waals surface area contributed by atoms with Gasteiger partial charge in [-0.05, 0) is 67.6 Å². The van der Waals surface area contributed by atoms with Crippen molar-refractivity contribution in [3.8, 4) is 17.2 Å². The minimum atomic E-state index is -4.16. The molecule has 0 saturated carbocycles. The molecule has 0 aliphatic rings. The van der Waals surface area contributed by atoms with Crippen LogP contribution >= 0.6 is 11.6 Å². The molecule has 0 radical (unpaired) electrons. The van der Waals surface area contributed by atoms with Gasteiger partial charge in [-0.15, -0.1) is 0 Å². The van der Waals surface area contributed by atoms with Crippen LogP contribution in [-0.4, -0.2) is 41.7 Å². The maximum absolute atomic E-state index is 13.6. The number of carbonyl (C=O) groups excluding carboxylic acids is 1. The van der Waals surface area contributed by atoms with Crippen LogP contribution in [0.2, 0.25) is 5.02 Å². The van der Waals surface area contributed by atoms with E-state index in [2.05, 4.69) is 5.32 Å². The lowest BCUT2D eigenvalue weighted by molar-refractivity contribution is -0.114. The number of amides is 1. The number of methoxy groups -OCH3 is 2. The molecule has 0 aliphatic heterocycles. The topological polar surface area (TPSA) is 94.2 Å². The van der Waals surface area contributed by atoms with Gasteiger partial charge in [0.25, 0.3) is 10.0 Å². The zero-order valence-corrected chi connectivity index (χ0v) is 20.5. The van der Waals surface area contributed by atoms with Crippen LogP contribution < -0.4 is 23.8 Å². The van der Waals surface area contributed by atoms with E-state index in [1.807, 2.05) is 6.92 Å². The number of anilines is 2. The number of carbonyl (C=O) groups is 1. The second-order valence-electron chi connectivity index (χ2n) is 7.01. The molecular formula is C24H25ClN2O6S. The summed E-state index contributed by atoms with van der Waals surface area (Å²) in [5.41, 5.74) is 0.786. The van der Waals surface area contributed by atoms with Gasteiger partial charge in [-0.25, -0.2) is 8.42 Å². The number of hydrogen-bond acceptors (Lipinski definition) is 6. The Labute approximate surface area is 204 Å². The van der Waals surface area contributed by atoms with Crippen LogP contribution in [0.3, 0.4) is 0 Å². The molecule has 3 aromatic rings. The molecule has 0 saturated heterocycles. The normalized spacial score (nSPS) is 10.9. The highest BCUT2D eigenvalue weighted by Crippen LogP contribution is 2.32. The van der Waals surface area contributed by atoms with E-state index in [0.717, 1.165) is 4.31 Å². The average molecular weight is 505 g/mol. The summed E-state index contributed by atoms with van der Waals surface area (Å²) in [4.78, 5) is 12.8. The Hall–Kier alpha value is -3.43. The number of benzene rings is 3. The van der Waals surface area contributed by atoms with Crippen molar-refractivity contribution in [3.63, 3.8) is 0 Å². The molecule has 0 aromatic heterocycles. The van der Waals surface area contributed by atoms with Crippen LogP contribution in [0.5, 0.6) is 17.2 Å². The van der Waals surface area contributed by atoms with Crippen molar-refractivity contribution in [2.24, 2.45) is 0 Å². The highest BCUT2D eigenvalue weighted by atomic mass is 35.5. The van der Waals surface area contributed by atoms with Crippen molar-refractivity contribution < 1.29 is 27.4 Å². The van der Waals surface area contributed by atoms with Crippen molar-refractivity contribution >= 4 is 38.9 Å². The van der Waals surface area contributed by atoms with Crippen molar-refractivity contribution in [1.29, 1.82) is 0 Å². The fourth-order valence-corrected chi connectivity index (χ4v) is 4.72. The van der Waals surface area contributed by atoms with Gasteiger partial charge in [0.05, 0.1) is 31.4 Å². The van der Waals surface area contributed by atoms with E-state index in [1.165, 1.54) is 32.4 Å². The maximum Gasteiger partial charge on any atom is 0.264 e. The van der Waals surface area contributed by atoms with Crippen molar-refractivity contribution in [2.45, 2.75) is 11.8 Å². The standard InChI is InChI=1S/C24H25ClN2O6S/c1-4-33-20-11-9-19(10-12-20)27(16-24(28)26-18-7-5-17(25)6-8-18)34(29,30)21-13-14-22(31-2)23(15-21)32-3/h5-15H,4,16H2,1-3H3,(H,26,28). The molecule has 0 aliphatic carbocycles. The molecule has 0 unspecified atom stereocenters. The fourth-order valence-electron chi connectivity index (χ4n) is 3.16. The lowest BCUT2D eigenvalue weighted by atomic mass is 10.3. The Kier molecular flexibility index (Phi) is 8.25. The smallest absolute Gasteiger partial charge is 0.264 e. The van der Waals surface area contributed by atoms with E-state index in [-0.39, 0.29) is 10.6 Å². The van der Waals surface area contributed by atoms with Crippen LogP contribution in [-0.2, 0) is 14.8 Å². The van der Waals surface area contributed by atoms with Gasteiger partial charge in [-0.3, -0.25) is 9.10 Å². The van der Waals surface area contributed by atoms with Crippen LogP contribution in [0.15, 0.2) is 71.6 Å². The monoisotopic (exact) mass is 504 g/mol. The second-order valence-corrected chi connectivity index (χ2v) is 9.31. The molecule has 3 rings (SSSR count). The van der Waals surface area contributed by atoms with E-state index in [9.17, 15) is 13.2 Å². The molecule has 0 spiro atoms. The molecule has 8 nitrogen and oxygen atoms in total. The molecule has 0 atom stereocenters. The third kappa shape index (κ3) is 5.92. The van der Waals surface area contributed by atoms with E-state index >= 15 is 0 Å². The first-order valence-electron chi connectivity index (χ1n) is 10.3. The number of nitrogens with one attached hydrogen (secondary N) is 1. The number of sulfonamides is 1. The van der Waals surface area contributed by atoms with E-state index in [4.69, 9.17) is 25.8 Å². The third-order valence-corrected chi connectivity index (χ3v) is 6.82. The van der Waals surface area contributed by atoms with Gasteiger partial charge >= 0.3 is 0 Å². The minimum Gasteiger partial charge on any atom is -0.494 e. The van der Waals surface area contributed by atoms with Crippen molar-refractivity contribution in [2.75, 3.05) is 37.0 Å². The zero-order valence-electron chi connectivity index (χ0n) is 18.9. The van der Waals surface area contributed by atoms with Gasteiger partial charge in [0.1, 0.15) is 12.3 Å². The molecule has 0 bridgehead atoms. The van der Waals surface area contributed by atoms with Gasteiger partial charge in [-0.1, -0.05) is 11.6 Å². The second kappa shape index (κ2) is 11.1. The number of hydrogen-bond donors (Lipinski definition) is 1. The van der Waals surface area contributed by atoms with Gasteiger partial charge in [0, 0.05) is 16.8 Å². The van der Waals surface area contributed by atoms with Gasteiger partial charge in [0.2, 0.25) is 5.91 Å². The third-order valence-electron chi connectivity index (χ3n) is 4.79. The first kappa shape index (κ1) is 25.2. The van der Waals surface area contributed by atoms with Crippen LogP contribution in [0.25, 0.3) is 0 Å². The summed E-state index contributed by atoms with van der Waals surface area (Å²) in [7, 11) is -1.28. The average Bonchev–Trinajstić information content (AvgIpc) is 2.84. The highest BCUT2D eigenvalue weighted by molar-refractivity contribution is 7.92. The molecule has 1 amide bonds. The van der Waals surface area contributed by atoms with Crippen LogP contribution in [0.1, 0.15) is 6.92 Å². The lowest BCUT2D eigenvalue weighted by Gasteiger charge is -2.24. The Morgan fingerprint density at radius 2 is 1.59 bits per heavy atom. The van der Waals surface area contributed by atoms with Crippen LogP contribution in [0.4, 0.5) is 11.4 Å². The summed E-state index contributed by atoms with van der Waals surface area (Å²) < 4.78 is 44.2. The van der Waals surface area contributed by atoms with E-state index < -0.39 is 22.5 Å². The molecule has 34 heavy (non-hydrogen) atoms. The first-order chi connectivity index (χ1) is 16.3. The molecule has 1 N–H and O–H groups in total. The molecule has 180 valence electrons. The molecule has 0 heterocycles. The van der Waals surface area contributed by atoms with Gasteiger partial charge in [-0.2, -0.15) is 0 Å². The molecule has 0 fully saturated rings. The predicted octanol–water partition coefficient (Wildman–Crippen LogP) is 4.59. The van der Waals surface area contributed by atoms with Crippen molar-refractivity contribution in [1.82, 2.24) is 0 Å². The van der Waals surface area contributed by atoms with Gasteiger partial charge < -0.3 is 19.5 Å². The largest absolute Gasteiger partial charge is 0.494 e. The molecule has 3 aromatic carbocycles. The minimum absolute atomic E-state index is 0.0571. The SMILES string of the molecule is CCOc1ccc(N(CC(=O)Nc2ccc(Cl)cc2)S(=O)(=O)c2ccc(OC)c(OC)c2)cc1. The number of ether oxygens (including phenoxy) is 3. The summed E-state index contributed by atoms with van der Waals surface area (Å²) in [6.07, 6.45) is 0. The zero-order chi connectivity index (χ0) is 24.7. The van der Waals surface area contributed by atoms with E-state index in [0.29, 0.717) is 34.5 Å². The maximum atomic E-state index is 13.6. The fraction of sp³-hybridized carbons (Fsp3) is 0.208.